The normalized spacial score (nSPS) is 14.4. The van der Waals surface area contributed by atoms with Crippen LogP contribution in [0.15, 0.2) is 48.5 Å². The number of rotatable bonds is 11. The van der Waals surface area contributed by atoms with Crippen molar-refractivity contribution >= 4 is 52.6 Å². The summed E-state index contributed by atoms with van der Waals surface area (Å²) < 4.78 is 0. The van der Waals surface area contributed by atoms with Crippen molar-refractivity contribution in [3.05, 3.63) is 74.3 Å². The minimum atomic E-state index is -0.476. The first kappa shape index (κ1) is 28.4. The van der Waals surface area contributed by atoms with E-state index in [0.717, 1.165) is 57.3 Å². The van der Waals surface area contributed by atoms with Gasteiger partial charge in [0.25, 0.3) is 5.69 Å². The molecule has 37 heavy (non-hydrogen) atoms. The molecule has 0 radical (unpaired) electrons. The third kappa shape index (κ3) is 10.0. The van der Waals surface area contributed by atoms with Gasteiger partial charge in [-0.2, -0.15) is 0 Å². The fourth-order valence-electron chi connectivity index (χ4n) is 4.02. The predicted molar refractivity (Wildman–Crippen MR) is 147 cm³/mol. The Bertz CT molecular complexity index is 1100. The fourth-order valence-corrected chi connectivity index (χ4v) is 4.32. The number of anilines is 1. The number of nitro groups is 1. The first-order valence-electron chi connectivity index (χ1n) is 12.3. The molecule has 3 N–H and O–H groups in total. The standard InChI is InChI=1S/C26H31Cl2N5O4/c27-23-10-4-19(18-24(23)28)5-11-25(34)29-14-2-1-3-15-32-16-12-21(13-17-32)31-26(35)30-20-6-8-22(9-7-20)33(36)37/h4-11,18,21H,1-3,12-17H2,(H,29,34)(H2,30,31,35)/b11-5+. The molecular weight excluding hydrogens is 517 g/mol. The smallest absolute Gasteiger partial charge is 0.319 e. The second-order valence-corrected chi connectivity index (χ2v) is 9.69. The van der Waals surface area contributed by atoms with Gasteiger partial charge in [0.2, 0.25) is 5.91 Å². The molecule has 3 rings (SSSR count). The number of carbonyl (C=O) groups is 2. The number of nitro benzene ring substituents is 1. The molecule has 2 aromatic carbocycles. The number of hydrogen-bond donors (Lipinski definition) is 3. The van der Waals surface area contributed by atoms with Crippen LogP contribution >= 0.6 is 23.2 Å². The quantitative estimate of drug-likeness (QED) is 0.149. The van der Waals surface area contributed by atoms with Crippen molar-refractivity contribution in [3.8, 4) is 0 Å². The van der Waals surface area contributed by atoms with Crippen molar-refractivity contribution in [2.75, 3.05) is 31.5 Å². The number of unbranched alkanes of at least 4 members (excludes halogenated alkanes) is 2. The molecule has 0 bridgehead atoms. The minimum Gasteiger partial charge on any atom is -0.353 e. The highest BCUT2D eigenvalue weighted by Gasteiger charge is 2.20. The topological polar surface area (TPSA) is 117 Å². The van der Waals surface area contributed by atoms with Crippen molar-refractivity contribution in [2.45, 2.75) is 38.1 Å². The van der Waals surface area contributed by atoms with E-state index in [4.69, 9.17) is 23.2 Å². The third-order valence-electron chi connectivity index (χ3n) is 6.08. The average Bonchev–Trinajstić information content (AvgIpc) is 2.88. The van der Waals surface area contributed by atoms with Crippen LogP contribution < -0.4 is 16.0 Å². The van der Waals surface area contributed by atoms with Gasteiger partial charge in [-0.05, 0) is 68.1 Å². The van der Waals surface area contributed by atoms with Crippen molar-refractivity contribution in [1.29, 1.82) is 0 Å². The lowest BCUT2D eigenvalue weighted by Crippen LogP contribution is -2.46. The first-order valence-corrected chi connectivity index (χ1v) is 13.0. The molecule has 0 aromatic heterocycles. The number of benzene rings is 2. The van der Waals surface area contributed by atoms with Gasteiger partial charge in [-0.1, -0.05) is 35.7 Å². The molecule has 1 fully saturated rings. The zero-order chi connectivity index (χ0) is 26.6. The Kier molecular flexibility index (Phi) is 11.2. The molecule has 1 saturated heterocycles. The summed E-state index contributed by atoms with van der Waals surface area (Å²) in [7, 11) is 0. The molecule has 198 valence electrons. The maximum absolute atomic E-state index is 12.2. The second kappa shape index (κ2) is 14.6. The summed E-state index contributed by atoms with van der Waals surface area (Å²) in [5.41, 5.74) is 1.31. The van der Waals surface area contributed by atoms with Gasteiger partial charge in [0.05, 0.1) is 15.0 Å². The molecule has 0 atom stereocenters. The number of amides is 3. The van der Waals surface area contributed by atoms with Crippen LogP contribution in [-0.2, 0) is 4.79 Å². The first-order chi connectivity index (χ1) is 17.8. The molecule has 0 aliphatic carbocycles. The number of urea groups is 1. The van der Waals surface area contributed by atoms with Crippen LogP contribution in [0.5, 0.6) is 0 Å². The SMILES string of the molecule is O=C(/C=C/c1ccc(Cl)c(Cl)c1)NCCCCCN1CCC(NC(=O)Nc2ccc([N+](=O)[O-])cc2)CC1. The number of nitrogens with one attached hydrogen (secondary N) is 3. The number of likely N-dealkylation sites (tertiary alicyclic amines) is 1. The zero-order valence-electron chi connectivity index (χ0n) is 20.4. The van der Waals surface area contributed by atoms with Gasteiger partial charge in [0, 0.05) is 49.6 Å². The largest absolute Gasteiger partial charge is 0.353 e. The molecule has 0 unspecified atom stereocenters. The van der Waals surface area contributed by atoms with E-state index >= 15 is 0 Å². The molecule has 0 saturated carbocycles. The molecule has 1 heterocycles. The number of non-ortho nitro benzene ring substituents is 1. The predicted octanol–water partition coefficient (Wildman–Crippen LogP) is 5.49. The van der Waals surface area contributed by atoms with Gasteiger partial charge in [-0.15, -0.1) is 0 Å². The summed E-state index contributed by atoms with van der Waals surface area (Å²) in [6.45, 7) is 3.45. The summed E-state index contributed by atoms with van der Waals surface area (Å²) in [6, 6.07) is 10.7. The lowest BCUT2D eigenvalue weighted by molar-refractivity contribution is -0.384. The summed E-state index contributed by atoms with van der Waals surface area (Å²) in [5.74, 6) is -0.141. The van der Waals surface area contributed by atoms with Crippen LogP contribution in [0.2, 0.25) is 10.0 Å². The fraction of sp³-hybridized carbons (Fsp3) is 0.385. The third-order valence-corrected chi connectivity index (χ3v) is 6.82. The minimum absolute atomic E-state index is 0.0171. The van der Waals surface area contributed by atoms with E-state index in [1.54, 1.807) is 24.3 Å². The molecular formula is C26H31Cl2N5O4. The van der Waals surface area contributed by atoms with E-state index in [9.17, 15) is 19.7 Å². The van der Waals surface area contributed by atoms with Gasteiger partial charge in [-0.25, -0.2) is 4.79 Å². The van der Waals surface area contributed by atoms with Gasteiger partial charge in [0.15, 0.2) is 0 Å². The Labute approximate surface area is 226 Å². The molecule has 11 heteroatoms. The monoisotopic (exact) mass is 547 g/mol. The summed E-state index contributed by atoms with van der Waals surface area (Å²) in [4.78, 5) is 36.8. The second-order valence-electron chi connectivity index (χ2n) is 8.88. The number of hydrogen-bond acceptors (Lipinski definition) is 5. The Morgan fingerprint density at radius 1 is 1.03 bits per heavy atom. The van der Waals surface area contributed by atoms with Crippen LogP contribution in [0.3, 0.4) is 0 Å². The highest BCUT2D eigenvalue weighted by molar-refractivity contribution is 6.42. The Morgan fingerprint density at radius 3 is 2.43 bits per heavy atom. The van der Waals surface area contributed by atoms with Gasteiger partial charge in [-0.3, -0.25) is 14.9 Å². The molecule has 1 aliphatic heterocycles. The number of piperidine rings is 1. The molecule has 1 aliphatic rings. The average molecular weight is 548 g/mol. The highest BCUT2D eigenvalue weighted by atomic mass is 35.5. The Balaban J connectivity index is 1.22. The summed E-state index contributed by atoms with van der Waals surface area (Å²) in [6.07, 6.45) is 7.91. The van der Waals surface area contributed by atoms with E-state index in [0.29, 0.717) is 22.3 Å². The van der Waals surface area contributed by atoms with Crippen molar-refractivity contribution < 1.29 is 14.5 Å². The zero-order valence-corrected chi connectivity index (χ0v) is 21.9. The Hall–Kier alpha value is -3.14. The molecule has 2 aromatic rings. The van der Waals surface area contributed by atoms with Crippen LogP contribution in [0, 0.1) is 10.1 Å². The number of carbonyl (C=O) groups excluding carboxylic acids is 2. The maximum Gasteiger partial charge on any atom is 0.319 e. The van der Waals surface area contributed by atoms with Gasteiger partial charge in [0.1, 0.15) is 0 Å². The number of nitrogens with zero attached hydrogens (tertiary/aromatic N) is 2. The van der Waals surface area contributed by atoms with E-state index < -0.39 is 4.92 Å². The van der Waals surface area contributed by atoms with Crippen LogP contribution in [-0.4, -0.2) is 54.0 Å². The van der Waals surface area contributed by atoms with Crippen molar-refractivity contribution in [2.24, 2.45) is 0 Å². The van der Waals surface area contributed by atoms with Crippen molar-refractivity contribution in [3.63, 3.8) is 0 Å². The van der Waals surface area contributed by atoms with E-state index in [2.05, 4.69) is 20.9 Å². The van der Waals surface area contributed by atoms with Gasteiger partial charge < -0.3 is 20.9 Å². The highest BCUT2D eigenvalue weighted by Crippen LogP contribution is 2.23. The number of halogens is 2. The summed E-state index contributed by atoms with van der Waals surface area (Å²) >= 11 is 11.9. The van der Waals surface area contributed by atoms with E-state index in [1.807, 2.05) is 0 Å². The lowest BCUT2D eigenvalue weighted by Gasteiger charge is -2.32. The molecule has 3 amide bonds. The summed E-state index contributed by atoms with van der Waals surface area (Å²) in [5, 5.41) is 20.2. The van der Waals surface area contributed by atoms with Crippen LogP contribution in [0.1, 0.15) is 37.7 Å². The van der Waals surface area contributed by atoms with Crippen LogP contribution in [0.25, 0.3) is 6.08 Å². The maximum atomic E-state index is 12.2. The van der Waals surface area contributed by atoms with E-state index in [-0.39, 0.29) is 23.7 Å². The molecule has 9 nitrogen and oxygen atoms in total. The van der Waals surface area contributed by atoms with Crippen LogP contribution in [0.4, 0.5) is 16.2 Å². The molecule has 0 spiro atoms. The van der Waals surface area contributed by atoms with Crippen molar-refractivity contribution in [1.82, 2.24) is 15.5 Å². The lowest BCUT2D eigenvalue weighted by atomic mass is 10.0. The van der Waals surface area contributed by atoms with E-state index in [1.165, 1.54) is 30.3 Å². The Morgan fingerprint density at radius 2 is 1.76 bits per heavy atom. The van der Waals surface area contributed by atoms with Gasteiger partial charge >= 0.3 is 6.03 Å².